The van der Waals surface area contributed by atoms with Crippen molar-refractivity contribution < 1.29 is 19.1 Å². The van der Waals surface area contributed by atoms with Gasteiger partial charge in [-0.15, -0.1) is 0 Å². The molecule has 0 N–H and O–H groups in total. The van der Waals surface area contributed by atoms with Gasteiger partial charge in [-0.3, -0.25) is 9.59 Å². The number of benzene rings is 1. The van der Waals surface area contributed by atoms with E-state index in [9.17, 15) is 9.59 Å². The van der Waals surface area contributed by atoms with Crippen LogP contribution in [-0.2, 0) is 25.7 Å². The van der Waals surface area contributed by atoms with Crippen LogP contribution in [-0.4, -0.2) is 18.5 Å². The van der Waals surface area contributed by atoms with Crippen LogP contribution in [0.1, 0.15) is 32.3 Å². The van der Waals surface area contributed by atoms with Crippen molar-refractivity contribution in [2.24, 2.45) is 5.92 Å². The number of esters is 2. The normalized spacial score (nSPS) is 11.7. The molecule has 0 saturated heterocycles. The molecular weight excluding hydrogens is 244 g/mol. The number of hydrogen-bond donors (Lipinski definition) is 0. The molecule has 4 heteroatoms. The molecule has 1 rings (SSSR count). The number of rotatable bonds is 7. The van der Waals surface area contributed by atoms with E-state index < -0.39 is 0 Å². The molecule has 0 radical (unpaired) electrons. The van der Waals surface area contributed by atoms with E-state index in [2.05, 4.69) is 0 Å². The van der Waals surface area contributed by atoms with Gasteiger partial charge in [0.2, 0.25) is 0 Å². The van der Waals surface area contributed by atoms with E-state index in [0.717, 1.165) is 5.56 Å². The quantitative estimate of drug-likeness (QED) is 0.710. The fourth-order valence-electron chi connectivity index (χ4n) is 1.55. The summed E-state index contributed by atoms with van der Waals surface area (Å²) in [4.78, 5) is 22.9. The molecule has 0 bridgehead atoms. The van der Waals surface area contributed by atoms with Crippen LogP contribution in [0.5, 0.6) is 0 Å². The molecule has 0 aliphatic carbocycles. The first-order valence-electron chi connectivity index (χ1n) is 6.49. The van der Waals surface area contributed by atoms with Gasteiger partial charge in [0.1, 0.15) is 6.61 Å². The summed E-state index contributed by atoms with van der Waals surface area (Å²) in [6, 6.07) is 9.49. The minimum Gasteiger partial charge on any atom is -0.466 e. The van der Waals surface area contributed by atoms with E-state index in [1.807, 2.05) is 30.3 Å². The fraction of sp³-hybridized carbons (Fsp3) is 0.467. The van der Waals surface area contributed by atoms with Crippen LogP contribution in [0.2, 0.25) is 0 Å². The van der Waals surface area contributed by atoms with Gasteiger partial charge in [0.15, 0.2) is 0 Å². The summed E-state index contributed by atoms with van der Waals surface area (Å²) in [6.07, 6.45) is 0.680. The second-order valence-electron chi connectivity index (χ2n) is 4.34. The molecule has 0 heterocycles. The second-order valence-corrected chi connectivity index (χ2v) is 4.34. The summed E-state index contributed by atoms with van der Waals surface area (Å²) in [5.41, 5.74) is 0.953. The van der Waals surface area contributed by atoms with Crippen molar-refractivity contribution >= 4 is 11.9 Å². The third-order valence-electron chi connectivity index (χ3n) is 2.71. The van der Waals surface area contributed by atoms with Crippen LogP contribution in [0, 0.1) is 5.92 Å². The van der Waals surface area contributed by atoms with Crippen LogP contribution in [0.4, 0.5) is 0 Å². The van der Waals surface area contributed by atoms with Gasteiger partial charge in [-0.05, 0) is 18.9 Å². The van der Waals surface area contributed by atoms with E-state index in [1.165, 1.54) is 0 Å². The highest BCUT2D eigenvalue weighted by Gasteiger charge is 2.16. The first-order valence-corrected chi connectivity index (χ1v) is 6.49. The minimum atomic E-state index is -0.292. The fourth-order valence-corrected chi connectivity index (χ4v) is 1.55. The topological polar surface area (TPSA) is 52.6 Å². The number of carbonyl (C=O) groups is 2. The Morgan fingerprint density at radius 1 is 1.16 bits per heavy atom. The SMILES string of the molecule is CCOC(=O)[C@@H](C)CCC(=O)OCc1ccccc1. The van der Waals surface area contributed by atoms with Crippen LogP contribution < -0.4 is 0 Å². The van der Waals surface area contributed by atoms with Crippen LogP contribution >= 0.6 is 0 Å². The molecule has 0 aliphatic rings. The lowest BCUT2D eigenvalue weighted by atomic mass is 10.1. The molecule has 1 aromatic carbocycles. The number of carbonyl (C=O) groups excluding carboxylic acids is 2. The predicted molar refractivity (Wildman–Crippen MR) is 71.3 cm³/mol. The van der Waals surface area contributed by atoms with Crippen molar-refractivity contribution in [3.05, 3.63) is 35.9 Å². The van der Waals surface area contributed by atoms with E-state index in [-0.39, 0.29) is 30.9 Å². The minimum absolute atomic E-state index is 0.229. The Balaban J connectivity index is 2.23. The maximum absolute atomic E-state index is 11.5. The van der Waals surface area contributed by atoms with E-state index in [4.69, 9.17) is 9.47 Å². The van der Waals surface area contributed by atoms with Gasteiger partial charge >= 0.3 is 11.9 Å². The molecule has 19 heavy (non-hydrogen) atoms. The van der Waals surface area contributed by atoms with Crippen LogP contribution in [0.3, 0.4) is 0 Å². The smallest absolute Gasteiger partial charge is 0.308 e. The lowest BCUT2D eigenvalue weighted by Crippen LogP contribution is -2.16. The highest BCUT2D eigenvalue weighted by atomic mass is 16.5. The molecule has 4 nitrogen and oxygen atoms in total. The molecule has 0 unspecified atom stereocenters. The van der Waals surface area contributed by atoms with Gasteiger partial charge in [-0.25, -0.2) is 0 Å². The van der Waals surface area contributed by atoms with Gasteiger partial charge < -0.3 is 9.47 Å². The van der Waals surface area contributed by atoms with Crippen molar-refractivity contribution in [1.82, 2.24) is 0 Å². The third-order valence-corrected chi connectivity index (χ3v) is 2.71. The van der Waals surface area contributed by atoms with Crippen molar-refractivity contribution in [2.75, 3.05) is 6.61 Å². The van der Waals surface area contributed by atoms with Crippen molar-refractivity contribution in [3.63, 3.8) is 0 Å². The van der Waals surface area contributed by atoms with Gasteiger partial charge in [-0.1, -0.05) is 37.3 Å². The number of hydrogen-bond acceptors (Lipinski definition) is 4. The van der Waals surface area contributed by atoms with Gasteiger partial charge in [0.05, 0.1) is 12.5 Å². The maximum Gasteiger partial charge on any atom is 0.308 e. The number of ether oxygens (including phenoxy) is 2. The molecular formula is C15H20O4. The highest BCUT2D eigenvalue weighted by molar-refractivity contribution is 5.74. The molecule has 0 aromatic heterocycles. The Morgan fingerprint density at radius 2 is 1.84 bits per heavy atom. The lowest BCUT2D eigenvalue weighted by molar-refractivity contribution is -0.149. The third kappa shape index (κ3) is 6.04. The van der Waals surface area contributed by atoms with Crippen molar-refractivity contribution in [2.45, 2.75) is 33.3 Å². The zero-order valence-corrected chi connectivity index (χ0v) is 11.4. The first kappa shape index (κ1) is 15.2. The summed E-state index contributed by atoms with van der Waals surface area (Å²) in [5.74, 6) is -0.831. The molecule has 1 aromatic rings. The average Bonchev–Trinajstić information content (AvgIpc) is 2.43. The molecule has 104 valence electrons. The monoisotopic (exact) mass is 264 g/mol. The first-order chi connectivity index (χ1) is 9.13. The zero-order chi connectivity index (χ0) is 14.1. The van der Waals surface area contributed by atoms with Crippen molar-refractivity contribution in [3.8, 4) is 0 Å². The summed E-state index contributed by atoms with van der Waals surface area (Å²) in [5, 5.41) is 0. The van der Waals surface area contributed by atoms with E-state index in [1.54, 1.807) is 13.8 Å². The summed E-state index contributed by atoms with van der Waals surface area (Å²) in [7, 11) is 0. The summed E-state index contributed by atoms with van der Waals surface area (Å²) in [6.45, 7) is 4.15. The standard InChI is InChI=1S/C15H20O4/c1-3-18-15(17)12(2)9-10-14(16)19-11-13-7-5-4-6-8-13/h4-8,12H,3,9-11H2,1-2H3/t12-/m0/s1. The molecule has 0 fully saturated rings. The molecule has 1 atom stereocenters. The van der Waals surface area contributed by atoms with Gasteiger partial charge in [0, 0.05) is 6.42 Å². The summed E-state index contributed by atoms with van der Waals surface area (Å²) < 4.78 is 10.0. The van der Waals surface area contributed by atoms with E-state index >= 15 is 0 Å². The maximum atomic E-state index is 11.5. The van der Waals surface area contributed by atoms with Crippen LogP contribution in [0.15, 0.2) is 30.3 Å². The predicted octanol–water partition coefficient (Wildman–Crippen LogP) is 2.71. The van der Waals surface area contributed by atoms with Gasteiger partial charge in [-0.2, -0.15) is 0 Å². The second kappa shape index (κ2) is 8.29. The van der Waals surface area contributed by atoms with Crippen molar-refractivity contribution in [1.29, 1.82) is 0 Å². The largest absolute Gasteiger partial charge is 0.466 e. The Hall–Kier alpha value is -1.84. The average molecular weight is 264 g/mol. The highest BCUT2D eigenvalue weighted by Crippen LogP contribution is 2.09. The zero-order valence-electron chi connectivity index (χ0n) is 11.4. The van der Waals surface area contributed by atoms with E-state index in [0.29, 0.717) is 13.0 Å². The molecule has 0 amide bonds. The molecule has 0 aliphatic heterocycles. The Bertz CT molecular complexity index is 400. The molecule has 0 spiro atoms. The summed E-state index contributed by atoms with van der Waals surface area (Å²) >= 11 is 0. The Kier molecular flexibility index (Phi) is 6.64. The van der Waals surface area contributed by atoms with Crippen LogP contribution in [0.25, 0.3) is 0 Å². The lowest BCUT2D eigenvalue weighted by Gasteiger charge is -2.10. The molecule has 0 saturated carbocycles. The van der Waals surface area contributed by atoms with Gasteiger partial charge in [0.25, 0.3) is 0 Å². The Labute approximate surface area is 113 Å². The Morgan fingerprint density at radius 3 is 2.47 bits per heavy atom.